The van der Waals surface area contributed by atoms with Crippen LogP contribution in [0, 0.1) is 0 Å². The van der Waals surface area contributed by atoms with Gasteiger partial charge in [0, 0.05) is 11.9 Å². The van der Waals surface area contributed by atoms with Crippen LogP contribution in [0.5, 0.6) is 5.75 Å². The average molecular weight is 361 g/mol. The minimum atomic E-state index is -0.545. The summed E-state index contributed by atoms with van der Waals surface area (Å²) in [6.07, 6.45) is -0.670. The lowest BCUT2D eigenvalue weighted by atomic mass is 10.1. The molecule has 1 fully saturated rings. The third-order valence-electron chi connectivity index (χ3n) is 4.04. The molecular weight excluding hydrogens is 338 g/mol. The summed E-state index contributed by atoms with van der Waals surface area (Å²) >= 11 is 0. The molecule has 2 heterocycles. The molecule has 0 aliphatic carbocycles. The second-order valence-corrected chi connectivity index (χ2v) is 7.19. The highest BCUT2D eigenvalue weighted by Crippen LogP contribution is 2.27. The number of benzene rings is 1. The van der Waals surface area contributed by atoms with E-state index < -0.39 is 11.2 Å². The van der Waals surface area contributed by atoms with Gasteiger partial charge in [-0.1, -0.05) is 12.1 Å². The van der Waals surface area contributed by atoms with Gasteiger partial charge in [0.25, 0.3) is 0 Å². The fourth-order valence-electron chi connectivity index (χ4n) is 2.79. The van der Waals surface area contributed by atoms with E-state index in [0.29, 0.717) is 25.3 Å². The Morgan fingerprint density at radius 2 is 2.04 bits per heavy atom. The third kappa shape index (κ3) is 3.99. The lowest BCUT2D eigenvalue weighted by Gasteiger charge is -2.34. The molecule has 0 radical (unpaired) electrons. The summed E-state index contributed by atoms with van der Waals surface area (Å²) in [5.41, 5.74) is 0.207. The maximum absolute atomic E-state index is 12.3. The van der Waals surface area contributed by atoms with Gasteiger partial charge in [-0.15, -0.1) is 0 Å². The quantitative estimate of drug-likeness (QED) is 0.765. The highest BCUT2D eigenvalue weighted by Gasteiger charge is 2.29. The van der Waals surface area contributed by atoms with Gasteiger partial charge in [-0.25, -0.2) is 9.59 Å². The van der Waals surface area contributed by atoms with E-state index in [1.54, 1.807) is 17.0 Å². The Kier molecular flexibility index (Phi) is 4.91. The van der Waals surface area contributed by atoms with E-state index in [9.17, 15) is 9.59 Å². The van der Waals surface area contributed by atoms with Gasteiger partial charge in [-0.2, -0.15) is 0 Å². The van der Waals surface area contributed by atoms with Crippen molar-refractivity contribution in [3.63, 3.8) is 0 Å². The van der Waals surface area contributed by atoms with E-state index in [4.69, 9.17) is 18.6 Å². The van der Waals surface area contributed by atoms with Crippen LogP contribution in [-0.2, 0) is 9.47 Å². The molecule has 0 spiro atoms. The van der Waals surface area contributed by atoms with Crippen molar-refractivity contribution in [2.75, 3.05) is 26.8 Å². The van der Waals surface area contributed by atoms with Gasteiger partial charge >= 0.3 is 11.7 Å². The van der Waals surface area contributed by atoms with E-state index in [0.717, 1.165) is 10.9 Å². The molecule has 7 heteroatoms. The maximum atomic E-state index is 12.3. The number of hydrogen-bond donors (Lipinski definition) is 0. The number of methoxy groups -OCH3 is 1. The van der Waals surface area contributed by atoms with Crippen molar-refractivity contribution >= 4 is 17.1 Å². The summed E-state index contributed by atoms with van der Waals surface area (Å²) < 4.78 is 21.5. The molecule has 1 amide bonds. The summed E-state index contributed by atoms with van der Waals surface area (Å²) in [4.78, 5) is 25.8. The molecule has 1 aliphatic heterocycles. The zero-order valence-corrected chi connectivity index (χ0v) is 15.4. The Labute approximate surface area is 151 Å². The monoisotopic (exact) mass is 361 g/mol. The highest BCUT2D eigenvalue weighted by atomic mass is 16.6. The number of nitrogens with zero attached hydrogens (tertiary/aromatic N) is 1. The van der Waals surface area contributed by atoms with Crippen molar-refractivity contribution in [1.82, 2.24) is 4.90 Å². The third-order valence-corrected chi connectivity index (χ3v) is 4.04. The lowest BCUT2D eigenvalue weighted by molar-refractivity contribution is -0.0432. The topological polar surface area (TPSA) is 78.2 Å². The van der Waals surface area contributed by atoms with Crippen molar-refractivity contribution in [1.29, 1.82) is 0 Å². The van der Waals surface area contributed by atoms with Crippen LogP contribution >= 0.6 is 0 Å². The maximum Gasteiger partial charge on any atom is 0.410 e. The van der Waals surface area contributed by atoms with E-state index >= 15 is 0 Å². The molecule has 2 aromatic rings. The standard InChI is InChI=1S/C19H23NO6/c1-19(2,3)26-18(22)20-7-8-24-16(11-20)13-6-5-12-10-15(23-4)17(21)25-14(12)9-13/h5-6,9-10,16H,7-8,11H2,1-4H3. The van der Waals surface area contributed by atoms with Gasteiger partial charge < -0.3 is 23.5 Å². The molecule has 7 nitrogen and oxygen atoms in total. The van der Waals surface area contributed by atoms with Gasteiger partial charge in [-0.05, 0) is 38.5 Å². The predicted octanol–water partition coefficient (Wildman–Crippen LogP) is 3.11. The Bertz CT molecular complexity index is 866. The van der Waals surface area contributed by atoms with E-state index in [1.165, 1.54) is 7.11 Å². The Hall–Kier alpha value is -2.54. The van der Waals surface area contributed by atoms with Gasteiger partial charge in [0.1, 0.15) is 17.3 Å². The Morgan fingerprint density at radius 3 is 2.73 bits per heavy atom. The number of ether oxygens (including phenoxy) is 3. The summed E-state index contributed by atoms with van der Waals surface area (Å²) in [5.74, 6) is 0.162. The zero-order chi connectivity index (χ0) is 18.9. The first-order chi connectivity index (χ1) is 12.3. The number of hydrogen-bond acceptors (Lipinski definition) is 6. The molecule has 0 saturated carbocycles. The molecule has 1 unspecified atom stereocenters. The molecule has 1 atom stereocenters. The summed E-state index contributed by atoms with van der Waals surface area (Å²) in [7, 11) is 1.42. The number of carbonyl (C=O) groups excluding carboxylic acids is 1. The fraction of sp³-hybridized carbons (Fsp3) is 0.474. The number of rotatable bonds is 2. The van der Waals surface area contributed by atoms with Crippen LogP contribution in [-0.4, -0.2) is 43.4 Å². The van der Waals surface area contributed by atoms with Gasteiger partial charge in [-0.3, -0.25) is 0 Å². The Morgan fingerprint density at radius 1 is 1.27 bits per heavy atom. The van der Waals surface area contributed by atoms with Crippen LogP contribution in [0.2, 0.25) is 0 Å². The Balaban J connectivity index is 1.82. The van der Waals surface area contributed by atoms with Crippen LogP contribution in [0.3, 0.4) is 0 Å². The summed E-state index contributed by atoms with van der Waals surface area (Å²) in [5, 5.41) is 0.755. The lowest BCUT2D eigenvalue weighted by Crippen LogP contribution is -2.44. The van der Waals surface area contributed by atoms with Crippen LogP contribution in [0.4, 0.5) is 4.79 Å². The van der Waals surface area contributed by atoms with Gasteiger partial charge in [0.15, 0.2) is 0 Å². The molecule has 26 heavy (non-hydrogen) atoms. The molecule has 1 aromatic heterocycles. The first-order valence-corrected chi connectivity index (χ1v) is 8.48. The van der Waals surface area contributed by atoms with Crippen LogP contribution in [0.25, 0.3) is 11.0 Å². The molecular formula is C19H23NO6. The zero-order valence-electron chi connectivity index (χ0n) is 15.4. The smallest absolute Gasteiger partial charge is 0.410 e. The minimum Gasteiger partial charge on any atom is -0.490 e. The second-order valence-electron chi connectivity index (χ2n) is 7.19. The normalized spacial score (nSPS) is 18.0. The molecule has 1 saturated heterocycles. The van der Waals surface area contributed by atoms with Crippen molar-refractivity contribution in [2.24, 2.45) is 0 Å². The largest absolute Gasteiger partial charge is 0.490 e. The van der Waals surface area contributed by atoms with Crippen molar-refractivity contribution in [3.05, 3.63) is 40.2 Å². The van der Waals surface area contributed by atoms with Crippen molar-refractivity contribution in [3.8, 4) is 5.75 Å². The van der Waals surface area contributed by atoms with Crippen LogP contribution in [0.1, 0.15) is 32.4 Å². The van der Waals surface area contributed by atoms with Gasteiger partial charge in [0.2, 0.25) is 5.75 Å². The van der Waals surface area contributed by atoms with Crippen molar-refractivity contribution in [2.45, 2.75) is 32.5 Å². The predicted molar refractivity (Wildman–Crippen MR) is 95.5 cm³/mol. The average Bonchev–Trinajstić information content (AvgIpc) is 2.59. The summed E-state index contributed by atoms with van der Waals surface area (Å²) in [6.45, 7) is 6.77. The van der Waals surface area contributed by atoms with E-state index in [-0.39, 0.29) is 17.9 Å². The molecule has 1 aromatic carbocycles. The minimum absolute atomic E-state index is 0.162. The van der Waals surface area contributed by atoms with Gasteiger partial charge in [0.05, 0.1) is 20.3 Å². The number of fused-ring (bicyclic) bond motifs is 1. The summed E-state index contributed by atoms with van der Waals surface area (Å²) in [6, 6.07) is 7.13. The van der Waals surface area contributed by atoms with Crippen molar-refractivity contribution < 1.29 is 23.4 Å². The molecule has 1 aliphatic rings. The first-order valence-electron chi connectivity index (χ1n) is 8.48. The molecule has 3 rings (SSSR count). The van der Waals surface area contributed by atoms with E-state index in [1.807, 2.05) is 32.9 Å². The number of amides is 1. The van der Waals surface area contributed by atoms with E-state index in [2.05, 4.69) is 0 Å². The van der Waals surface area contributed by atoms with Crippen LogP contribution in [0.15, 0.2) is 33.5 Å². The molecule has 0 N–H and O–H groups in total. The number of morpholine rings is 1. The number of carbonyl (C=O) groups is 1. The second kappa shape index (κ2) is 6.99. The SMILES string of the molecule is COc1cc2ccc(C3CN(C(=O)OC(C)(C)C)CCO3)cc2oc1=O. The molecule has 0 bridgehead atoms. The molecule has 140 valence electrons. The van der Waals surface area contributed by atoms with Crippen LogP contribution < -0.4 is 10.4 Å². The first kappa shape index (κ1) is 18.3. The highest BCUT2D eigenvalue weighted by molar-refractivity contribution is 5.78. The fourth-order valence-corrected chi connectivity index (χ4v) is 2.79.